The largest absolute Gasteiger partial charge is 0.330 e. The lowest BCUT2D eigenvalue weighted by atomic mass is 10.3. The molecule has 0 bridgehead atoms. The Hall–Kier alpha value is -0.260. The Kier molecular flexibility index (Phi) is 2.81. The van der Waals surface area contributed by atoms with Gasteiger partial charge in [-0.25, -0.2) is 0 Å². The predicted molar refractivity (Wildman–Crippen MR) is 33.5 cm³/mol. The number of hydrogen-bond donors (Lipinski definition) is 1. The second kappa shape index (κ2) is 2.91. The molecule has 2 nitrogen and oxygen atoms in total. The monoisotopic (exact) mass is 132 g/mol. The molecule has 3 heteroatoms. The van der Waals surface area contributed by atoms with Crippen LogP contribution in [0.3, 0.4) is 0 Å². The molecule has 0 aromatic carbocycles. The Labute approximate surface area is 55.1 Å². The van der Waals surface area contributed by atoms with Gasteiger partial charge in [-0.15, -0.1) is 12.4 Å². The summed E-state index contributed by atoms with van der Waals surface area (Å²) in [6.45, 7) is 0.693. The molecule has 0 amide bonds. The lowest BCUT2D eigenvalue weighted by Crippen LogP contribution is -2.01. The molecule has 0 aromatic rings. The molecule has 1 rings (SSSR count). The summed E-state index contributed by atoms with van der Waals surface area (Å²) in [6, 6.07) is 2.16. The van der Waals surface area contributed by atoms with Gasteiger partial charge in [0, 0.05) is 0 Å². The molecular formula is C5H9ClN2. The van der Waals surface area contributed by atoms with Crippen molar-refractivity contribution in [2.45, 2.75) is 6.42 Å². The average molecular weight is 133 g/mol. The van der Waals surface area contributed by atoms with E-state index in [1.807, 2.05) is 0 Å². The van der Waals surface area contributed by atoms with Crippen LogP contribution in [-0.2, 0) is 0 Å². The van der Waals surface area contributed by atoms with E-state index in [2.05, 4.69) is 6.07 Å². The van der Waals surface area contributed by atoms with E-state index in [4.69, 9.17) is 11.0 Å². The minimum atomic E-state index is 0. The standard InChI is InChI=1S/C5H8N2.ClH/c6-2-4-1-5(4)3-7;/h4-5H,1-2,6H2;1H. The van der Waals surface area contributed by atoms with Gasteiger partial charge in [0.1, 0.15) is 0 Å². The number of halogens is 1. The molecule has 2 atom stereocenters. The third kappa shape index (κ3) is 1.36. The van der Waals surface area contributed by atoms with Crippen LogP contribution < -0.4 is 5.73 Å². The molecule has 0 radical (unpaired) electrons. The van der Waals surface area contributed by atoms with Crippen LogP contribution in [0.15, 0.2) is 0 Å². The van der Waals surface area contributed by atoms with Crippen molar-refractivity contribution >= 4 is 12.4 Å². The van der Waals surface area contributed by atoms with Crippen LogP contribution in [0.25, 0.3) is 0 Å². The van der Waals surface area contributed by atoms with E-state index >= 15 is 0 Å². The summed E-state index contributed by atoms with van der Waals surface area (Å²) in [5.74, 6) is 0.829. The van der Waals surface area contributed by atoms with Crippen molar-refractivity contribution < 1.29 is 0 Å². The van der Waals surface area contributed by atoms with Crippen molar-refractivity contribution in [3.05, 3.63) is 0 Å². The molecular weight excluding hydrogens is 124 g/mol. The quantitative estimate of drug-likeness (QED) is 0.566. The first-order valence-electron chi connectivity index (χ1n) is 2.48. The van der Waals surface area contributed by atoms with Gasteiger partial charge < -0.3 is 5.73 Å². The maximum atomic E-state index is 8.20. The van der Waals surface area contributed by atoms with Gasteiger partial charge in [-0.3, -0.25) is 0 Å². The Balaban J connectivity index is 0.000000490. The molecule has 1 aliphatic rings. The van der Waals surface area contributed by atoms with E-state index in [-0.39, 0.29) is 12.4 Å². The minimum Gasteiger partial charge on any atom is -0.330 e. The van der Waals surface area contributed by atoms with Crippen LogP contribution in [0.4, 0.5) is 0 Å². The molecule has 0 saturated heterocycles. The summed E-state index contributed by atoms with van der Waals surface area (Å²) in [5, 5.41) is 8.20. The lowest BCUT2D eigenvalue weighted by molar-refractivity contribution is 0.804. The number of nitrogens with zero attached hydrogens (tertiary/aromatic N) is 1. The molecule has 1 fully saturated rings. The van der Waals surface area contributed by atoms with Crippen LogP contribution >= 0.6 is 12.4 Å². The fourth-order valence-electron chi connectivity index (χ4n) is 0.666. The van der Waals surface area contributed by atoms with Crippen molar-refractivity contribution in [3.8, 4) is 6.07 Å². The van der Waals surface area contributed by atoms with Gasteiger partial charge in [-0.2, -0.15) is 5.26 Å². The number of nitriles is 1. The highest BCUT2D eigenvalue weighted by Crippen LogP contribution is 2.35. The van der Waals surface area contributed by atoms with Crippen molar-refractivity contribution in [3.63, 3.8) is 0 Å². The smallest absolute Gasteiger partial charge is 0.0659 e. The van der Waals surface area contributed by atoms with Crippen LogP contribution in [0.2, 0.25) is 0 Å². The van der Waals surface area contributed by atoms with Gasteiger partial charge in [0.15, 0.2) is 0 Å². The Morgan fingerprint density at radius 3 is 2.50 bits per heavy atom. The molecule has 0 aliphatic heterocycles. The van der Waals surface area contributed by atoms with E-state index in [0.717, 1.165) is 6.42 Å². The first-order chi connectivity index (χ1) is 3.38. The van der Waals surface area contributed by atoms with Gasteiger partial charge in [-0.05, 0) is 18.9 Å². The van der Waals surface area contributed by atoms with Crippen molar-refractivity contribution in [1.82, 2.24) is 0 Å². The summed E-state index contributed by atoms with van der Waals surface area (Å²) >= 11 is 0. The first kappa shape index (κ1) is 7.74. The van der Waals surface area contributed by atoms with Gasteiger partial charge >= 0.3 is 0 Å². The number of rotatable bonds is 1. The highest BCUT2D eigenvalue weighted by atomic mass is 35.5. The van der Waals surface area contributed by atoms with Crippen molar-refractivity contribution in [1.29, 1.82) is 5.26 Å². The summed E-state index contributed by atoms with van der Waals surface area (Å²) in [5.41, 5.74) is 5.25. The fourth-order valence-corrected chi connectivity index (χ4v) is 0.666. The lowest BCUT2D eigenvalue weighted by Gasteiger charge is -1.78. The summed E-state index contributed by atoms with van der Waals surface area (Å²) in [6.07, 6.45) is 1.03. The molecule has 46 valence electrons. The zero-order valence-corrected chi connectivity index (χ0v) is 5.32. The molecule has 0 heterocycles. The van der Waals surface area contributed by atoms with Crippen LogP contribution in [0.5, 0.6) is 0 Å². The summed E-state index contributed by atoms with van der Waals surface area (Å²) in [7, 11) is 0. The van der Waals surface area contributed by atoms with Gasteiger partial charge in [0.05, 0.1) is 12.0 Å². The molecule has 0 aromatic heterocycles. The first-order valence-corrected chi connectivity index (χ1v) is 2.48. The molecule has 2 N–H and O–H groups in total. The molecule has 1 aliphatic carbocycles. The maximum Gasteiger partial charge on any atom is 0.0659 e. The third-order valence-corrected chi connectivity index (χ3v) is 1.39. The zero-order chi connectivity index (χ0) is 5.28. The van der Waals surface area contributed by atoms with Crippen LogP contribution in [0.1, 0.15) is 6.42 Å². The maximum absolute atomic E-state index is 8.20. The van der Waals surface area contributed by atoms with Crippen LogP contribution in [0, 0.1) is 23.2 Å². The summed E-state index contributed by atoms with van der Waals surface area (Å²) in [4.78, 5) is 0. The second-order valence-corrected chi connectivity index (χ2v) is 1.97. The highest BCUT2D eigenvalue weighted by molar-refractivity contribution is 5.85. The number of nitrogens with two attached hydrogens (primary N) is 1. The Morgan fingerprint density at radius 1 is 1.75 bits per heavy atom. The van der Waals surface area contributed by atoms with Crippen molar-refractivity contribution in [2.24, 2.45) is 17.6 Å². The fraction of sp³-hybridized carbons (Fsp3) is 0.800. The highest BCUT2D eigenvalue weighted by Gasteiger charge is 2.35. The Morgan fingerprint density at radius 2 is 2.38 bits per heavy atom. The topological polar surface area (TPSA) is 49.8 Å². The molecule has 2 unspecified atom stereocenters. The minimum absolute atomic E-state index is 0. The molecule has 1 saturated carbocycles. The molecule has 0 spiro atoms. The van der Waals surface area contributed by atoms with Gasteiger partial charge in [0.25, 0.3) is 0 Å². The summed E-state index contributed by atoms with van der Waals surface area (Å²) < 4.78 is 0. The molecule has 8 heavy (non-hydrogen) atoms. The van der Waals surface area contributed by atoms with E-state index in [1.54, 1.807) is 0 Å². The van der Waals surface area contributed by atoms with E-state index in [1.165, 1.54) is 0 Å². The van der Waals surface area contributed by atoms with E-state index in [9.17, 15) is 0 Å². The van der Waals surface area contributed by atoms with E-state index in [0.29, 0.717) is 18.4 Å². The number of hydrogen-bond acceptors (Lipinski definition) is 2. The second-order valence-electron chi connectivity index (χ2n) is 1.97. The third-order valence-electron chi connectivity index (χ3n) is 1.39. The zero-order valence-electron chi connectivity index (χ0n) is 4.50. The Bertz CT molecular complexity index is 107. The van der Waals surface area contributed by atoms with Crippen LogP contribution in [-0.4, -0.2) is 6.54 Å². The SMILES string of the molecule is Cl.N#CC1CC1CN. The normalized spacial score (nSPS) is 32.5. The van der Waals surface area contributed by atoms with Gasteiger partial charge in [-0.1, -0.05) is 0 Å². The predicted octanol–water partition coefficient (Wildman–Crippen LogP) is 0.527. The van der Waals surface area contributed by atoms with Gasteiger partial charge in [0.2, 0.25) is 0 Å². The average Bonchev–Trinajstić information content (AvgIpc) is 2.43. The van der Waals surface area contributed by atoms with Crippen molar-refractivity contribution in [2.75, 3.05) is 6.54 Å². The van der Waals surface area contributed by atoms with E-state index < -0.39 is 0 Å².